The number of hydrogen-bond donors (Lipinski definition) is 2. The third-order valence-electron chi connectivity index (χ3n) is 3.21. The number of rotatable bonds is 3. The molecule has 0 bridgehead atoms. The first-order chi connectivity index (χ1) is 8.66. The van der Waals surface area contributed by atoms with E-state index < -0.39 is 6.04 Å². The summed E-state index contributed by atoms with van der Waals surface area (Å²) in [6.45, 7) is 3.59. The standard InChI is InChI=1S/C13H20N4O/c1-16-7-9-17(10-8-16)15-13(18)12(14)11-5-3-2-4-6-11/h2-6,12H,7-10,14H2,1H3,(H,15,18). The van der Waals surface area contributed by atoms with Gasteiger partial charge in [-0.1, -0.05) is 30.3 Å². The van der Waals surface area contributed by atoms with Crippen LogP contribution < -0.4 is 11.2 Å². The number of hydrogen-bond acceptors (Lipinski definition) is 4. The van der Waals surface area contributed by atoms with Gasteiger partial charge in [0.25, 0.3) is 5.91 Å². The van der Waals surface area contributed by atoms with Crippen LogP contribution in [0.3, 0.4) is 0 Å². The van der Waals surface area contributed by atoms with Crippen molar-refractivity contribution < 1.29 is 4.79 Å². The predicted molar refractivity (Wildman–Crippen MR) is 70.6 cm³/mol. The van der Waals surface area contributed by atoms with Gasteiger partial charge in [0.1, 0.15) is 6.04 Å². The van der Waals surface area contributed by atoms with E-state index in [4.69, 9.17) is 5.73 Å². The Morgan fingerprint density at radius 3 is 2.44 bits per heavy atom. The number of benzene rings is 1. The molecule has 1 aromatic carbocycles. The second-order valence-corrected chi connectivity index (χ2v) is 4.65. The smallest absolute Gasteiger partial charge is 0.255 e. The molecule has 5 nitrogen and oxygen atoms in total. The van der Waals surface area contributed by atoms with Gasteiger partial charge in [-0.2, -0.15) is 0 Å². The Labute approximate surface area is 108 Å². The van der Waals surface area contributed by atoms with Gasteiger partial charge in [-0.3, -0.25) is 10.2 Å². The fourth-order valence-corrected chi connectivity index (χ4v) is 1.96. The van der Waals surface area contributed by atoms with E-state index in [1.165, 1.54) is 0 Å². The average Bonchev–Trinajstić information content (AvgIpc) is 2.41. The van der Waals surface area contributed by atoms with Crippen molar-refractivity contribution in [1.82, 2.24) is 15.3 Å². The molecule has 1 saturated heterocycles. The van der Waals surface area contributed by atoms with Gasteiger partial charge in [0.15, 0.2) is 0 Å². The molecule has 0 aromatic heterocycles. The molecule has 1 aromatic rings. The Kier molecular flexibility index (Phi) is 4.30. The minimum atomic E-state index is -0.606. The molecule has 2 rings (SSSR count). The van der Waals surface area contributed by atoms with Crippen LogP contribution in [0.25, 0.3) is 0 Å². The second-order valence-electron chi connectivity index (χ2n) is 4.65. The predicted octanol–water partition coefficient (Wildman–Crippen LogP) is -0.0350. The second kappa shape index (κ2) is 5.95. The van der Waals surface area contributed by atoms with Gasteiger partial charge in [-0.05, 0) is 12.6 Å². The zero-order valence-electron chi connectivity index (χ0n) is 10.7. The topological polar surface area (TPSA) is 61.6 Å². The Balaban J connectivity index is 1.88. The van der Waals surface area contributed by atoms with Gasteiger partial charge in [-0.15, -0.1) is 0 Å². The third kappa shape index (κ3) is 3.29. The molecule has 1 unspecified atom stereocenters. The zero-order valence-corrected chi connectivity index (χ0v) is 10.7. The van der Waals surface area contributed by atoms with Gasteiger partial charge in [0.2, 0.25) is 0 Å². The summed E-state index contributed by atoms with van der Waals surface area (Å²) in [6.07, 6.45) is 0. The fraction of sp³-hybridized carbons (Fsp3) is 0.462. The molecule has 1 fully saturated rings. The van der Waals surface area contributed by atoms with E-state index >= 15 is 0 Å². The molecule has 1 heterocycles. The maximum absolute atomic E-state index is 12.0. The first-order valence-corrected chi connectivity index (χ1v) is 6.21. The molecule has 3 N–H and O–H groups in total. The molecule has 1 amide bonds. The van der Waals surface area contributed by atoms with Crippen molar-refractivity contribution in [2.75, 3.05) is 33.2 Å². The van der Waals surface area contributed by atoms with Crippen molar-refractivity contribution in [3.8, 4) is 0 Å². The average molecular weight is 248 g/mol. The minimum absolute atomic E-state index is 0.147. The number of amides is 1. The lowest BCUT2D eigenvalue weighted by atomic mass is 10.1. The largest absolute Gasteiger partial charge is 0.316 e. The lowest BCUT2D eigenvalue weighted by Crippen LogP contribution is -2.54. The van der Waals surface area contributed by atoms with Crippen LogP contribution in [-0.4, -0.2) is 49.0 Å². The Hall–Kier alpha value is -1.43. The highest BCUT2D eigenvalue weighted by atomic mass is 16.2. The summed E-state index contributed by atoms with van der Waals surface area (Å²) in [5.74, 6) is -0.147. The number of carbonyl (C=O) groups is 1. The summed E-state index contributed by atoms with van der Waals surface area (Å²) >= 11 is 0. The highest BCUT2D eigenvalue weighted by Gasteiger charge is 2.20. The van der Waals surface area contributed by atoms with Crippen LogP contribution in [0.5, 0.6) is 0 Å². The number of nitrogens with zero attached hydrogens (tertiary/aromatic N) is 2. The number of nitrogens with one attached hydrogen (secondary N) is 1. The normalized spacial score (nSPS) is 19.4. The molecule has 1 atom stereocenters. The van der Waals surface area contributed by atoms with E-state index in [1.54, 1.807) is 0 Å². The molecular formula is C13H20N4O. The minimum Gasteiger partial charge on any atom is -0.316 e. The van der Waals surface area contributed by atoms with Gasteiger partial charge < -0.3 is 10.6 Å². The molecule has 5 heteroatoms. The quantitative estimate of drug-likeness (QED) is 0.788. The van der Waals surface area contributed by atoms with Crippen molar-refractivity contribution in [2.24, 2.45) is 5.73 Å². The molecule has 0 radical (unpaired) electrons. The summed E-state index contributed by atoms with van der Waals surface area (Å²) < 4.78 is 0. The van der Waals surface area contributed by atoms with E-state index in [1.807, 2.05) is 35.3 Å². The van der Waals surface area contributed by atoms with Crippen LogP contribution in [-0.2, 0) is 4.79 Å². The third-order valence-corrected chi connectivity index (χ3v) is 3.21. The Morgan fingerprint density at radius 2 is 1.83 bits per heavy atom. The molecule has 1 aliphatic rings. The van der Waals surface area contributed by atoms with Crippen LogP contribution in [0.4, 0.5) is 0 Å². The molecule has 0 saturated carbocycles. The van der Waals surface area contributed by atoms with Crippen LogP contribution >= 0.6 is 0 Å². The lowest BCUT2D eigenvalue weighted by molar-refractivity contribution is -0.128. The van der Waals surface area contributed by atoms with Crippen LogP contribution in [0.2, 0.25) is 0 Å². The number of carbonyl (C=O) groups excluding carboxylic acids is 1. The number of likely N-dealkylation sites (N-methyl/N-ethyl adjacent to an activating group) is 1. The van der Waals surface area contributed by atoms with E-state index in [-0.39, 0.29) is 5.91 Å². The summed E-state index contributed by atoms with van der Waals surface area (Å²) in [4.78, 5) is 14.2. The van der Waals surface area contributed by atoms with Gasteiger partial charge in [0.05, 0.1) is 0 Å². The highest BCUT2D eigenvalue weighted by Crippen LogP contribution is 2.09. The maximum Gasteiger partial charge on any atom is 0.255 e. The highest BCUT2D eigenvalue weighted by molar-refractivity contribution is 5.82. The fourth-order valence-electron chi connectivity index (χ4n) is 1.96. The summed E-state index contributed by atoms with van der Waals surface area (Å²) in [5, 5.41) is 1.94. The van der Waals surface area contributed by atoms with Crippen molar-refractivity contribution in [2.45, 2.75) is 6.04 Å². The molecule has 98 valence electrons. The monoisotopic (exact) mass is 248 g/mol. The van der Waals surface area contributed by atoms with Crippen molar-refractivity contribution in [3.05, 3.63) is 35.9 Å². The number of hydrazine groups is 1. The number of nitrogens with two attached hydrogens (primary N) is 1. The number of piperazine rings is 1. The summed E-state index contributed by atoms with van der Waals surface area (Å²) in [5.41, 5.74) is 9.65. The van der Waals surface area contributed by atoms with Crippen molar-refractivity contribution in [3.63, 3.8) is 0 Å². The van der Waals surface area contributed by atoms with E-state index in [0.717, 1.165) is 31.7 Å². The Morgan fingerprint density at radius 1 is 1.22 bits per heavy atom. The zero-order chi connectivity index (χ0) is 13.0. The summed E-state index contributed by atoms with van der Waals surface area (Å²) in [7, 11) is 2.08. The Bertz CT molecular complexity index is 387. The van der Waals surface area contributed by atoms with Crippen LogP contribution in [0.15, 0.2) is 30.3 Å². The lowest BCUT2D eigenvalue weighted by Gasteiger charge is -2.33. The van der Waals surface area contributed by atoms with Crippen molar-refractivity contribution >= 4 is 5.91 Å². The van der Waals surface area contributed by atoms with E-state index in [9.17, 15) is 4.79 Å². The molecular weight excluding hydrogens is 228 g/mol. The molecule has 1 aliphatic heterocycles. The SMILES string of the molecule is CN1CCN(NC(=O)C(N)c2ccccc2)CC1. The van der Waals surface area contributed by atoms with Crippen LogP contribution in [0, 0.1) is 0 Å². The van der Waals surface area contributed by atoms with Gasteiger partial charge >= 0.3 is 0 Å². The molecule has 18 heavy (non-hydrogen) atoms. The van der Waals surface area contributed by atoms with E-state index in [0.29, 0.717) is 0 Å². The molecule has 0 spiro atoms. The molecule has 0 aliphatic carbocycles. The van der Waals surface area contributed by atoms with Gasteiger partial charge in [-0.25, -0.2) is 5.01 Å². The van der Waals surface area contributed by atoms with Crippen molar-refractivity contribution in [1.29, 1.82) is 0 Å². The first kappa shape index (κ1) is 13.0. The maximum atomic E-state index is 12.0. The first-order valence-electron chi connectivity index (χ1n) is 6.21. The van der Waals surface area contributed by atoms with Gasteiger partial charge in [0, 0.05) is 26.2 Å². The van der Waals surface area contributed by atoms with Crippen LogP contribution in [0.1, 0.15) is 11.6 Å². The van der Waals surface area contributed by atoms with E-state index in [2.05, 4.69) is 17.4 Å². The summed E-state index contributed by atoms with van der Waals surface area (Å²) in [6, 6.07) is 8.82.